The van der Waals surface area contributed by atoms with Crippen LogP contribution in [0.2, 0.25) is 0 Å². The second kappa shape index (κ2) is 4.87. The van der Waals surface area contributed by atoms with Crippen molar-refractivity contribution < 1.29 is 18.3 Å². The topological polar surface area (TPSA) is 26.3 Å². The van der Waals surface area contributed by atoms with E-state index in [9.17, 15) is 13.6 Å². The van der Waals surface area contributed by atoms with E-state index < -0.39 is 6.61 Å². The predicted molar refractivity (Wildman–Crippen MR) is 60.5 cm³/mol. The van der Waals surface area contributed by atoms with Gasteiger partial charge in [-0.2, -0.15) is 8.78 Å². The molecule has 0 heterocycles. The van der Waals surface area contributed by atoms with E-state index in [0.29, 0.717) is 5.56 Å². The Morgan fingerprint density at radius 1 is 1.47 bits per heavy atom. The number of Topliss-reactive ketones (excluding diaryl/α,β-unsaturated/α-hetero) is 1. The maximum Gasteiger partial charge on any atom is 0.387 e. The number of rotatable bonds is 3. The molecule has 0 N–H and O–H groups in total. The van der Waals surface area contributed by atoms with Gasteiger partial charge in [-0.05, 0) is 54.1 Å². The summed E-state index contributed by atoms with van der Waals surface area (Å²) in [6.07, 6.45) is 0. The Hall–Kier alpha value is -0.720. The van der Waals surface area contributed by atoms with Crippen molar-refractivity contribution in [1.82, 2.24) is 0 Å². The molecule has 0 radical (unpaired) electrons. The van der Waals surface area contributed by atoms with Crippen LogP contribution in [0.15, 0.2) is 12.1 Å². The lowest BCUT2D eigenvalue weighted by atomic mass is 10.1. The molecule has 0 spiro atoms. The number of halogens is 3. The number of hydrogen-bond donors (Lipinski definition) is 0. The van der Waals surface area contributed by atoms with Gasteiger partial charge >= 0.3 is 6.61 Å². The predicted octanol–water partition coefficient (Wildman–Crippen LogP) is 3.40. The van der Waals surface area contributed by atoms with Crippen molar-refractivity contribution in [2.24, 2.45) is 0 Å². The summed E-state index contributed by atoms with van der Waals surface area (Å²) >= 11 is 1.98. The molecule has 0 aliphatic heterocycles. The quantitative estimate of drug-likeness (QED) is 0.629. The minimum Gasteiger partial charge on any atom is -0.435 e. The molecule has 0 fully saturated rings. The van der Waals surface area contributed by atoms with Gasteiger partial charge in [0.05, 0.1) is 0 Å². The lowest BCUT2D eigenvalue weighted by Crippen LogP contribution is -2.05. The molecule has 15 heavy (non-hydrogen) atoms. The van der Waals surface area contributed by atoms with Crippen LogP contribution >= 0.6 is 22.6 Å². The maximum atomic E-state index is 12.0. The lowest BCUT2D eigenvalue weighted by molar-refractivity contribution is -0.0499. The number of hydrogen-bond acceptors (Lipinski definition) is 2. The summed E-state index contributed by atoms with van der Waals surface area (Å²) in [5, 5.41) is 0. The summed E-state index contributed by atoms with van der Waals surface area (Å²) in [5.74, 6) is -0.143. The van der Waals surface area contributed by atoms with Crippen LogP contribution in [0.1, 0.15) is 22.8 Å². The van der Waals surface area contributed by atoms with E-state index in [1.807, 2.05) is 22.6 Å². The van der Waals surface area contributed by atoms with Crippen LogP contribution in [0, 0.1) is 10.5 Å². The fourth-order valence-electron chi connectivity index (χ4n) is 1.19. The third kappa shape index (κ3) is 3.12. The van der Waals surface area contributed by atoms with Crippen molar-refractivity contribution >= 4 is 28.4 Å². The number of alkyl halides is 2. The van der Waals surface area contributed by atoms with Crippen molar-refractivity contribution in [1.29, 1.82) is 0 Å². The molecule has 0 atom stereocenters. The van der Waals surface area contributed by atoms with E-state index in [1.54, 1.807) is 6.92 Å². The molecule has 0 aliphatic rings. The van der Waals surface area contributed by atoms with Crippen LogP contribution in [-0.2, 0) is 0 Å². The third-order valence-corrected chi connectivity index (χ3v) is 3.04. The summed E-state index contributed by atoms with van der Waals surface area (Å²) in [6.45, 7) is 0.290. The van der Waals surface area contributed by atoms with Crippen LogP contribution in [0.4, 0.5) is 8.78 Å². The Balaban J connectivity index is 3.17. The fourth-order valence-corrected chi connectivity index (χ4v) is 1.79. The molecule has 0 saturated heterocycles. The van der Waals surface area contributed by atoms with Gasteiger partial charge in [-0.3, -0.25) is 4.79 Å². The van der Waals surface area contributed by atoms with Gasteiger partial charge in [0, 0.05) is 9.13 Å². The van der Waals surface area contributed by atoms with Gasteiger partial charge in [0.25, 0.3) is 0 Å². The largest absolute Gasteiger partial charge is 0.435 e. The number of carbonyl (C=O) groups is 1. The van der Waals surface area contributed by atoms with Crippen LogP contribution in [0.5, 0.6) is 5.75 Å². The number of carbonyl (C=O) groups excluding carboxylic acids is 1. The van der Waals surface area contributed by atoms with E-state index >= 15 is 0 Å². The average molecular weight is 326 g/mol. The van der Waals surface area contributed by atoms with E-state index in [4.69, 9.17) is 0 Å². The monoisotopic (exact) mass is 326 g/mol. The number of ketones is 1. The molecular weight excluding hydrogens is 317 g/mol. The fraction of sp³-hybridized carbons (Fsp3) is 0.300. The molecular formula is C10H9F2IO2. The molecule has 0 aliphatic carbocycles. The van der Waals surface area contributed by atoms with E-state index in [1.165, 1.54) is 19.1 Å². The summed E-state index contributed by atoms with van der Waals surface area (Å²) in [5.41, 5.74) is 1.20. The van der Waals surface area contributed by atoms with Gasteiger partial charge in [0.2, 0.25) is 0 Å². The van der Waals surface area contributed by atoms with Gasteiger partial charge in [-0.15, -0.1) is 0 Å². The highest BCUT2D eigenvalue weighted by Crippen LogP contribution is 2.25. The summed E-state index contributed by atoms with van der Waals surface area (Å²) in [6, 6.07) is 2.82. The molecule has 0 bridgehead atoms. The highest BCUT2D eigenvalue weighted by Gasteiger charge is 2.12. The Kier molecular flexibility index (Phi) is 4.01. The summed E-state index contributed by atoms with van der Waals surface area (Å²) < 4.78 is 28.9. The van der Waals surface area contributed by atoms with E-state index in [2.05, 4.69) is 4.74 Å². The first kappa shape index (κ1) is 12.4. The first-order valence-electron chi connectivity index (χ1n) is 4.17. The molecule has 1 aromatic carbocycles. The molecule has 0 unspecified atom stereocenters. The van der Waals surface area contributed by atoms with Crippen LogP contribution in [-0.4, -0.2) is 12.4 Å². The van der Waals surface area contributed by atoms with Gasteiger partial charge in [0.1, 0.15) is 5.75 Å². The summed E-state index contributed by atoms with van der Waals surface area (Å²) in [4.78, 5) is 11.2. The van der Waals surface area contributed by atoms with Gasteiger partial charge in [0.15, 0.2) is 5.78 Å². The zero-order chi connectivity index (χ0) is 11.6. The number of benzene rings is 1. The lowest BCUT2D eigenvalue weighted by Gasteiger charge is -2.09. The minimum atomic E-state index is -2.87. The number of ether oxygens (including phenoxy) is 1. The average Bonchev–Trinajstić information content (AvgIpc) is 2.09. The Morgan fingerprint density at radius 2 is 2.07 bits per heavy atom. The van der Waals surface area contributed by atoms with E-state index in [-0.39, 0.29) is 11.5 Å². The van der Waals surface area contributed by atoms with Gasteiger partial charge in [-0.1, -0.05) is 0 Å². The molecule has 2 nitrogen and oxygen atoms in total. The van der Waals surface area contributed by atoms with Crippen LogP contribution < -0.4 is 4.74 Å². The maximum absolute atomic E-state index is 12.0. The van der Waals surface area contributed by atoms with Crippen LogP contribution in [0.3, 0.4) is 0 Å². The first-order chi connectivity index (χ1) is 6.91. The zero-order valence-corrected chi connectivity index (χ0v) is 10.3. The molecule has 0 saturated carbocycles. The third-order valence-electron chi connectivity index (χ3n) is 1.92. The zero-order valence-electron chi connectivity index (χ0n) is 8.18. The Morgan fingerprint density at radius 3 is 2.53 bits per heavy atom. The standard InChI is InChI=1S/C10H9F2IO2/c1-5-8(6(2)14)3-7(4-9(5)13)15-10(11)12/h3-4,10H,1-2H3. The molecule has 82 valence electrons. The van der Waals surface area contributed by atoms with E-state index in [0.717, 1.165) is 9.13 Å². The van der Waals surface area contributed by atoms with Crippen molar-refractivity contribution in [2.45, 2.75) is 20.5 Å². The molecule has 1 aromatic rings. The highest BCUT2D eigenvalue weighted by molar-refractivity contribution is 14.1. The van der Waals surface area contributed by atoms with Crippen molar-refractivity contribution in [3.8, 4) is 5.75 Å². The smallest absolute Gasteiger partial charge is 0.387 e. The Labute approximate surface area is 99.8 Å². The van der Waals surface area contributed by atoms with Crippen LogP contribution in [0.25, 0.3) is 0 Å². The molecule has 0 amide bonds. The first-order valence-corrected chi connectivity index (χ1v) is 5.25. The SMILES string of the molecule is CC(=O)c1cc(OC(F)F)cc(I)c1C. The van der Waals surface area contributed by atoms with Crippen molar-refractivity contribution in [3.05, 3.63) is 26.8 Å². The second-order valence-electron chi connectivity index (χ2n) is 3.01. The van der Waals surface area contributed by atoms with Gasteiger partial charge < -0.3 is 4.74 Å². The molecule has 5 heteroatoms. The molecule has 1 rings (SSSR count). The second-order valence-corrected chi connectivity index (χ2v) is 4.17. The Bertz CT molecular complexity index is 391. The molecule has 0 aromatic heterocycles. The van der Waals surface area contributed by atoms with Crippen molar-refractivity contribution in [3.63, 3.8) is 0 Å². The highest BCUT2D eigenvalue weighted by atomic mass is 127. The summed E-state index contributed by atoms with van der Waals surface area (Å²) in [7, 11) is 0. The van der Waals surface area contributed by atoms with Crippen molar-refractivity contribution in [2.75, 3.05) is 0 Å². The normalized spacial score (nSPS) is 10.5. The minimum absolute atomic E-state index is 0.0187. The van der Waals surface area contributed by atoms with Gasteiger partial charge in [-0.25, -0.2) is 0 Å².